The van der Waals surface area contributed by atoms with Gasteiger partial charge in [0.2, 0.25) is 0 Å². The van der Waals surface area contributed by atoms with Crippen LogP contribution in [0.3, 0.4) is 0 Å². The molecule has 22 heavy (non-hydrogen) atoms. The summed E-state index contributed by atoms with van der Waals surface area (Å²) in [5, 5.41) is 9.75. The maximum atomic E-state index is 12.2. The molecule has 6 nitrogen and oxygen atoms in total. The highest BCUT2D eigenvalue weighted by Crippen LogP contribution is 2.19. The second-order valence-corrected chi connectivity index (χ2v) is 4.94. The minimum atomic E-state index is -0.244. The van der Waals surface area contributed by atoms with Gasteiger partial charge in [-0.2, -0.15) is 5.10 Å². The van der Waals surface area contributed by atoms with Crippen molar-refractivity contribution in [2.24, 2.45) is 0 Å². The zero-order valence-electron chi connectivity index (χ0n) is 12.3. The van der Waals surface area contributed by atoms with Crippen molar-refractivity contribution in [2.45, 2.75) is 13.8 Å². The second-order valence-electron chi connectivity index (χ2n) is 4.94. The Morgan fingerprint density at radius 2 is 1.91 bits per heavy atom. The molecule has 0 saturated carbocycles. The zero-order chi connectivity index (χ0) is 15.5. The van der Waals surface area contributed by atoms with E-state index in [9.17, 15) is 4.79 Å². The Morgan fingerprint density at radius 1 is 1.09 bits per heavy atom. The van der Waals surface area contributed by atoms with Gasteiger partial charge in [0.1, 0.15) is 11.5 Å². The number of hydrogen-bond acceptors (Lipinski definition) is 4. The molecule has 3 rings (SSSR count). The first-order valence-corrected chi connectivity index (χ1v) is 6.86. The number of anilines is 1. The van der Waals surface area contributed by atoms with E-state index in [1.54, 1.807) is 6.07 Å². The van der Waals surface area contributed by atoms with Crippen LogP contribution in [0.5, 0.6) is 0 Å². The summed E-state index contributed by atoms with van der Waals surface area (Å²) in [6, 6.07) is 12.7. The van der Waals surface area contributed by atoms with Crippen molar-refractivity contribution in [2.75, 3.05) is 5.32 Å². The third kappa shape index (κ3) is 3.01. The van der Waals surface area contributed by atoms with Crippen molar-refractivity contribution in [1.29, 1.82) is 0 Å². The number of hydrogen-bond donors (Lipinski definition) is 2. The van der Waals surface area contributed by atoms with Crippen LogP contribution in [0.25, 0.3) is 11.4 Å². The molecule has 3 aromatic rings. The van der Waals surface area contributed by atoms with Gasteiger partial charge in [-0.3, -0.25) is 9.89 Å². The highest BCUT2D eigenvalue weighted by molar-refractivity contribution is 6.03. The maximum absolute atomic E-state index is 12.2. The van der Waals surface area contributed by atoms with E-state index >= 15 is 0 Å². The zero-order valence-corrected chi connectivity index (χ0v) is 12.3. The standard InChI is InChI=1S/C16H15N5O/c1-10-5-3-8-14(17-10)16(22)19-13-7-4-6-12(9-13)15-18-11(2)20-21-15/h3-9H,1-2H3,(H,19,22)(H,18,20,21). The summed E-state index contributed by atoms with van der Waals surface area (Å²) >= 11 is 0. The molecule has 0 bridgehead atoms. The molecule has 6 heteroatoms. The first-order valence-electron chi connectivity index (χ1n) is 6.86. The Hall–Kier alpha value is -3.02. The van der Waals surface area contributed by atoms with Crippen LogP contribution in [-0.4, -0.2) is 26.1 Å². The first kappa shape index (κ1) is 13.9. The van der Waals surface area contributed by atoms with Gasteiger partial charge < -0.3 is 5.32 Å². The number of aromatic amines is 1. The molecule has 110 valence electrons. The fourth-order valence-electron chi connectivity index (χ4n) is 2.07. The van der Waals surface area contributed by atoms with Gasteiger partial charge in [-0.05, 0) is 38.1 Å². The molecule has 0 spiro atoms. The molecule has 2 heterocycles. The Morgan fingerprint density at radius 3 is 2.64 bits per heavy atom. The van der Waals surface area contributed by atoms with Crippen LogP contribution in [0.4, 0.5) is 5.69 Å². The first-order chi connectivity index (χ1) is 10.6. The van der Waals surface area contributed by atoms with Gasteiger partial charge in [-0.15, -0.1) is 0 Å². The third-order valence-electron chi connectivity index (χ3n) is 3.10. The number of H-pyrrole nitrogens is 1. The topological polar surface area (TPSA) is 83.6 Å². The lowest BCUT2D eigenvalue weighted by atomic mass is 10.2. The smallest absolute Gasteiger partial charge is 0.274 e. The normalized spacial score (nSPS) is 10.5. The number of aromatic nitrogens is 4. The average molecular weight is 293 g/mol. The van der Waals surface area contributed by atoms with Gasteiger partial charge in [0.25, 0.3) is 5.91 Å². The number of rotatable bonds is 3. The van der Waals surface area contributed by atoms with Crippen LogP contribution >= 0.6 is 0 Å². The molecule has 1 aromatic carbocycles. The molecular formula is C16H15N5O. The predicted molar refractivity (Wildman–Crippen MR) is 83.5 cm³/mol. The number of carbonyl (C=O) groups is 1. The van der Waals surface area contributed by atoms with Gasteiger partial charge in [-0.1, -0.05) is 18.2 Å². The van der Waals surface area contributed by atoms with Crippen molar-refractivity contribution < 1.29 is 4.79 Å². The van der Waals surface area contributed by atoms with Gasteiger partial charge in [0.15, 0.2) is 5.82 Å². The van der Waals surface area contributed by atoms with E-state index in [4.69, 9.17) is 0 Å². The molecule has 0 saturated heterocycles. The molecule has 2 N–H and O–H groups in total. The molecule has 0 atom stereocenters. The van der Waals surface area contributed by atoms with E-state index in [2.05, 4.69) is 25.5 Å². The van der Waals surface area contributed by atoms with Gasteiger partial charge >= 0.3 is 0 Å². The Bertz CT molecular complexity index is 825. The highest BCUT2D eigenvalue weighted by Gasteiger charge is 2.09. The molecule has 0 aliphatic carbocycles. The molecule has 0 aliphatic rings. The summed E-state index contributed by atoms with van der Waals surface area (Å²) in [5.41, 5.74) is 2.70. The Balaban J connectivity index is 1.82. The number of nitrogens with one attached hydrogen (secondary N) is 2. The lowest BCUT2D eigenvalue weighted by Crippen LogP contribution is -2.13. The summed E-state index contributed by atoms with van der Waals surface area (Å²) < 4.78 is 0. The largest absolute Gasteiger partial charge is 0.321 e. The van der Waals surface area contributed by atoms with Crippen molar-refractivity contribution >= 4 is 11.6 Å². The SMILES string of the molecule is Cc1cccc(C(=O)Nc2cccc(-c3n[nH]c(C)n3)c2)n1. The summed E-state index contributed by atoms with van der Waals surface area (Å²) in [7, 11) is 0. The van der Waals surface area contributed by atoms with Crippen LogP contribution in [0.2, 0.25) is 0 Å². The average Bonchev–Trinajstić information content (AvgIpc) is 2.94. The van der Waals surface area contributed by atoms with E-state index < -0.39 is 0 Å². The summed E-state index contributed by atoms with van der Waals surface area (Å²) in [5.74, 6) is 1.10. The minimum Gasteiger partial charge on any atom is -0.321 e. The van der Waals surface area contributed by atoms with E-state index in [0.29, 0.717) is 17.2 Å². The summed E-state index contributed by atoms with van der Waals surface area (Å²) in [6.45, 7) is 3.69. The lowest BCUT2D eigenvalue weighted by molar-refractivity contribution is 0.102. The molecule has 0 aliphatic heterocycles. The minimum absolute atomic E-state index is 0.244. The number of nitrogens with zero attached hydrogens (tertiary/aromatic N) is 3. The lowest BCUT2D eigenvalue weighted by Gasteiger charge is -2.06. The van der Waals surface area contributed by atoms with Crippen LogP contribution in [0.15, 0.2) is 42.5 Å². The van der Waals surface area contributed by atoms with Crippen molar-refractivity contribution in [3.8, 4) is 11.4 Å². The van der Waals surface area contributed by atoms with E-state index in [1.165, 1.54) is 0 Å². The summed E-state index contributed by atoms with van der Waals surface area (Å²) in [4.78, 5) is 20.7. The van der Waals surface area contributed by atoms with Gasteiger partial charge in [-0.25, -0.2) is 9.97 Å². The second kappa shape index (κ2) is 5.77. The maximum Gasteiger partial charge on any atom is 0.274 e. The number of benzene rings is 1. The van der Waals surface area contributed by atoms with Crippen LogP contribution in [0, 0.1) is 13.8 Å². The molecule has 2 aromatic heterocycles. The van der Waals surface area contributed by atoms with E-state index in [-0.39, 0.29) is 5.91 Å². The number of pyridine rings is 1. The van der Waals surface area contributed by atoms with Crippen LogP contribution in [-0.2, 0) is 0 Å². The van der Waals surface area contributed by atoms with Crippen molar-refractivity contribution in [3.05, 3.63) is 59.7 Å². The summed E-state index contributed by atoms with van der Waals surface area (Å²) in [6.07, 6.45) is 0. The van der Waals surface area contributed by atoms with Gasteiger partial charge in [0.05, 0.1) is 0 Å². The molecule has 1 amide bonds. The predicted octanol–water partition coefficient (Wildman–Crippen LogP) is 2.74. The number of aryl methyl sites for hydroxylation is 2. The Kier molecular flexibility index (Phi) is 3.65. The fraction of sp³-hybridized carbons (Fsp3) is 0.125. The monoisotopic (exact) mass is 293 g/mol. The number of amides is 1. The van der Waals surface area contributed by atoms with E-state index in [1.807, 2.05) is 50.2 Å². The van der Waals surface area contributed by atoms with Crippen LogP contribution in [0.1, 0.15) is 22.0 Å². The molecule has 0 fully saturated rings. The van der Waals surface area contributed by atoms with Crippen molar-refractivity contribution in [1.82, 2.24) is 20.2 Å². The van der Waals surface area contributed by atoms with Crippen molar-refractivity contribution in [3.63, 3.8) is 0 Å². The molecular weight excluding hydrogens is 278 g/mol. The Labute approximate surface area is 127 Å². The van der Waals surface area contributed by atoms with E-state index in [0.717, 1.165) is 17.1 Å². The third-order valence-corrected chi connectivity index (χ3v) is 3.10. The van der Waals surface area contributed by atoms with Gasteiger partial charge in [0, 0.05) is 16.9 Å². The molecule has 0 unspecified atom stereocenters. The molecule has 0 radical (unpaired) electrons. The number of carbonyl (C=O) groups excluding carboxylic acids is 1. The fourth-order valence-corrected chi connectivity index (χ4v) is 2.07. The highest BCUT2D eigenvalue weighted by atomic mass is 16.1. The van der Waals surface area contributed by atoms with Crippen LogP contribution < -0.4 is 5.32 Å². The quantitative estimate of drug-likeness (QED) is 0.777.